The molecule has 5 nitrogen and oxygen atoms in total. The predicted molar refractivity (Wildman–Crippen MR) is 71.4 cm³/mol. The molecule has 1 aliphatic rings. The molecule has 18 heavy (non-hydrogen) atoms. The van der Waals surface area contributed by atoms with E-state index in [0.29, 0.717) is 25.3 Å². The number of carbonyl (C=O) groups is 1. The van der Waals surface area contributed by atoms with E-state index in [-0.39, 0.29) is 11.9 Å². The summed E-state index contributed by atoms with van der Waals surface area (Å²) >= 11 is 4.78. The number of thiophene rings is 1. The van der Waals surface area contributed by atoms with Crippen LogP contribution in [0, 0.1) is 0 Å². The number of fused-ring (bicyclic) bond motifs is 1. The molecule has 2 aromatic rings. The van der Waals surface area contributed by atoms with Crippen molar-refractivity contribution in [2.75, 3.05) is 12.3 Å². The third kappa shape index (κ3) is 2.04. The fourth-order valence-corrected chi connectivity index (χ4v) is 3.36. The number of nitrogens with zero attached hydrogens (tertiary/aromatic N) is 2. The Morgan fingerprint density at radius 3 is 3.17 bits per heavy atom. The van der Waals surface area contributed by atoms with Crippen LogP contribution in [0.25, 0.3) is 0 Å². The van der Waals surface area contributed by atoms with Crippen LogP contribution >= 0.6 is 27.3 Å². The van der Waals surface area contributed by atoms with E-state index < -0.39 is 0 Å². The van der Waals surface area contributed by atoms with Crippen LogP contribution in [0.2, 0.25) is 0 Å². The second-order valence-corrected chi connectivity index (χ2v) is 5.85. The van der Waals surface area contributed by atoms with Gasteiger partial charge in [0.25, 0.3) is 11.9 Å². The largest absolute Gasteiger partial charge is 0.427 e. The van der Waals surface area contributed by atoms with Crippen molar-refractivity contribution in [2.24, 2.45) is 0 Å². The number of nitrogens with two attached hydrogens (primary N) is 1. The normalized spacial score (nSPS) is 14.6. The number of nitrogen functional groups attached to an aromatic ring is 1. The molecular formula is C11H10BrN3O2S. The Hall–Kier alpha value is -1.34. The lowest BCUT2D eigenvalue weighted by atomic mass is 10.1. The molecule has 2 N–H and O–H groups in total. The van der Waals surface area contributed by atoms with Gasteiger partial charge in [0.1, 0.15) is 5.76 Å². The maximum absolute atomic E-state index is 12.3. The Morgan fingerprint density at radius 2 is 2.44 bits per heavy atom. The van der Waals surface area contributed by atoms with E-state index >= 15 is 0 Å². The van der Waals surface area contributed by atoms with E-state index in [4.69, 9.17) is 10.2 Å². The van der Waals surface area contributed by atoms with Gasteiger partial charge < -0.3 is 15.1 Å². The average Bonchev–Trinajstić information content (AvgIpc) is 2.92. The van der Waals surface area contributed by atoms with Crippen LogP contribution in [0.5, 0.6) is 0 Å². The number of amides is 1. The number of hydrogen-bond donors (Lipinski definition) is 1. The summed E-state index contributed by atoms with van der Waals surface area (Å²) < 4.78 is 6.22. The van der Waals surface area contributed by atoms with Crippen LogP contribution in [0.15, 0.2) is 20.3 Å². The van der Waals surface area contributed by atoms with Gasteiger partial charge in [-0.25, -0.2) is 0 Å². The monoisotopic (exact) mass is 327 g/mol. The molecule has 0 saturated heterocycles. The zero-order valence-electron chi connectivity index (χ0n) is 9.35. The van der Waals surface area contributed by atoms with Gasteiger partial charge in [0.05, 0.1) is 17.1 Å². The summed E-state index contributed by atoms with van der Waals surface area (Å²) in [4.78, 5) is 18.8. The zero-order chi connectivity index (χ0) is 12.7. The van der Waals surface area contributed by atoms with Gasteiger partial charge in [0, 0.05) is 22.8 Å². The molecule has 0 aromatic carbocycles. The number of aromatic nitrogens is 1. The molecule has 1 amide bonds. The molecule has 7 heteroatoms. The number of hydrogen-bond acceptors (Lipinski definition) is 5. The predicted octanol–water partition coefficient (Wildman–Crippen LogP) is 2.28. The highest BCUT2D eigenvalue weighted by Gasteiger charge is 2.26. The summed E-state index contributed by atoms with van der Waals surface area (Å²) in [6.07, 6.45) is 0.689. The van der Waals surface area contributed by atoms with Crippen molar-refractivity contribution in [3.8, 4) is 0 Å². The Kier molecular flexibility index (Phi) is 2.87. The minimum Gasteiger partial charge on any atom is -0.427 e. The number of rotatable bonds is 1. The smallest absolute Gasteiger partial charge is 0.292 e. The van der Waals surface area contributed by atoms with E-state index in [1.54, 1.807) is 4.90 Å². The number of halogens is 1. The standard InChI is InChI=1S/C11H10BrN3O2S/c12-6-3-9(18-5-6)10(16)15-2-1-7-8(4-15)17-11(13)14-7/h3,5H,1-2,4H2,(H2,13,14). The van der Waals surface area contributed by atoms with Crippen molar-refractivity contribution in [3.63, 3.8) is 0 Å². The first-order chi connectivity index (χ1) is 8.63. The molecule has 3 heterocycles. The van der Waals surface area contributed by atoms with Gasteiger partial charge in [-0.2, -0.15) is 4.98 Å². The van der Waals surface area contributed by atoms with Gasteiger partial charge >= 0.3 is 0 Å². The molecule has 0 saturated carbocycles. The van der Waals surface area contributed by atoms with E-state index in [1.165, 1.54) is 11.3 Å². The Bertz CT molecular complexity index is 607. The second kappa shape index (κ2) is 4.40. The van der Waals surface area contributed by atoms with E-state index in [9.17, 15) is 4.79 Å². The lowest BCUT2D eigenvalue weighted by Gasteiger charge is -2.24. The molecule has 0 fully saturated rings. The topological polar surface area (TPSA) is 72.4 Å². The van der Waals surface area contributed by atoms with Crippen molar-refractivity contribution in [1.82, 2.24) is 9.88 Å². The third-order valence-electron chi connectivity index (χ3n) is 2.81. The van der Waals surface area contributed by atoms with Crippen molar-refractivity contribution >= 4 is 39.2 Å². The molecule has 0 unspecified atom stereocenters. The quantitative estimate of drug-likeness (QED) is 0.872. The number of anilines is 1. The van der Waals surface area contributed by atoms with Crippen LogP contribution in [0.4, 0.5) is 6.01 Å². The maximum atomic E-state index is 12.3. The highest BCUT2D eigenvalue weighted by molar-refractivity contribution is 9.10. The van der Waals surface area contributed by atoms with Crippen molar-refractivity contribution in [1.29, 1.82) is 0 Å². The molecule has 0 spiro atoms. The van der Waals surface area contributed by atoms with Crippen molar-refractivity contribution < 1.29 is 9.21 Å². The summed E-state index contributed by atoms with van der Waals surface area (Å²) in [7, 11) is 0. The van der Waals surface area contributed by atoms with Gasteiger partial charge in [-0.1, -0.05) is 0 Å². The first-order valence-electron chi connectivity index (χ1n) is 5.41. The van der Waals surface area contributed by atoms with Crippen molar-refractivity contribution in [2.45, 2.75) is 13.0 Å². The Morgan fingerprint density at radius 1 is 1.61 bits per heavy atom. The highest BCUT2D eigenvalue weighted by atomic mass is 79.9. The van der Waals surface area contributed by atoms with Gasteiger partial charge in [-0.05, 0) is 22.0 Å². The van der Waals surface area contributed by atoms with E-state index in [0.717, 1.165) is 15.0 Å². The second-order valence-electron chi connectivity index (χ2n) is 4.03. The molecule has 2 aromatic heterocycles. The Labute approximate surface area is 116 Å². The van der Waals surface area contributed by atoms with Crippen molar-refractivity contribution in [3.05, 3.63) is 32.3 Å². The van der Waals surface area contributed by atoms with E-state index in [1.807, 2.05) is 11.4 Å². The van der Waals surface area contributed by atoms with Crippen LogP contribution < -0.4 is 5.73 Å². The lowest BCUT2D eigenvalue weighted by molar-refractivity contribution is 0.0725. The fraction of sp³-hybridized carbons (Fsp3) is 0.273. The zero-order valence-corrected chi connectivity index (χ0v) is 11.8. The van der Waals surface area contributed by atoms with E-state index in [2.05, 4.69) is 20.9 Å². The summed E-state index contributed by atoms with van der Waals surface area (Å²) in [6.45, 7) is 1.08. The summed E-state index contributed by atoms with van der Waals surface area (Å²) in [5.41, 5.74) is 6.37. The first kappa shape index (κ1) is 11.7. The molecule has 0 radical (unpaired) electrons. The summed E-state index contributed by atoms with van der Waals surface area (Å²) in [5.74, 6) is 0.717. The maximum Gasteiger partial charge on any atom is 0.292 e. The molecule has 0 aliphatic carbocycles. The van der Waals surface area contributed by atoms with Gasteiger partial charge in [0.15, 0.2) is 0 Å². The minimum atomic E-state index is 0.0197. The fourth-order valence-electron chi connectivity index (χ4n) is 1.97. The SMILES string of the molecule is Nc1nc2c(o1)CN(C(=O)c1cc(Br)cs1)CC2. The van der Waals surface area contributed by atoms with Gasteiger partial charge in [0.2, 0.25) is 0 Å². The molecule has 1 aliphatic heterocycles. The summed E-state index contributed by atoms with van der Waals surface area (Å²) in [5, 5.41) is 1.90. The lowest BCUT2D eigenvalue weighted by Crippen LogP contribution is -2.35. The van der Waals surface area contributed by atoms with Gasteiger partial charge in [-0.15, -0.1) is 11.3 Å². The Balaban J connectivity index is 1.81. The minimum absolute atomic E-state index is 0.0197. The summed E-state index contributed by atoms with van der Waals surface area (Å²) in [6, 6.07) is 2.00. The van der Waals surface area contributed by atoms with Crippen LogP contribution in [0.3, 0.4) is 0 Å². The number of carbonyl (C=O) groups excluding carboxylic acids is 1. The highest BCUT2D eigenvalue weighted by Crippen LogP contribution is 2.25. The van der Waals surface area contributed by atoms with Gasteiger partial charge in [-0.3, -0.25) is 4.79 Å². The molecule has 3 rings (SSSR count). The first-order valence-corrected chi connectivity index (χ1v) is 7.08. The molecule has 0 bridgehead atoms. The average molecular weight is 328 g/mol. The molecule has 94 valence electrons. The van der Waals surface area contributed by atoms with Crippen LogP contribution in [-0.2, 0) is 13.0 Å². The third-order valence-corrected chi connectivity index (χ3v) is 4.49. The van der Waals surface area contributed by atoms with Crippen LogP contribution in [-0.4, -0.2) is 22.3 Å². The molecular weight excluding hydrogens is 318 g/mol. The molecule has 0 atom stereocenters. The van der Waals surface area contributed by atoms with Crippen LogP contribution in [0.1, 0.15) is 21.1 Å². The number of oxazole rings is 1.